The number of aliphatic carboxylic acids is 1. The van der Waals surface area contributed by atoms with Crippen LogP contribution in [-0.4, -0.2) is 69.9 Å². The third kappa shape index (κ3) is 2.97. The van der Waals surface area contributed by atoms with E-state index in [1.807, 2.05) is 13.8 Å². The van der Waals surface area contributed by atoms with Crippen LogP contribution in [0.15, 0.2) is 0 Å². The second-order valence-corrected chi connectivity index (χ2v) is 6.17. The highest BCUT2D eigenvalue weighted by Gasteiger charge is 2.42. The van der Waals surface area contributed by atoms with Gasteiger partial charge in [0.05, 0.1) is 18.1 Å². The van der Waals surface area contributed by atoms with Crippen LogP contribution in [0.1, 0.15) is 20.3 Å². The molecule has 0 aromatic rings. The monoisotopic (exact) mass is 288 g/mol. The largest absolute Gasteiger partial charge is 0.480 e. The van der Waals surface area contributed by atoms with E-state index in [4.69, 9.17) is 4.74 Å². The minimum absolute atomic E-state index is 0.0616. The van der Waals surface area contributed by atoms with Gasteiger partial charge in [0.25, 0.3) is 0 Å². The number of carboxylic acid groups (broad SMARTS) is 1. The van der Waals surface area contributed by atoms with Gasteiger partial charge in [-0.15, -0.1) is 11.8 Å². The summed E-state index contributed by atoms with van der Waals surface area (Å²) in [7, 11) is 0. The minimum atomic E-state index is -0.925. The van der Waals surface area contributed by atoms with Crippen molar-refractivity contribution in [3.05, 3.63) is 0 Å². The van der Waals surface area contributed by atoms with E-state index in [9.17, 15) is 14.7 Å². The van der Waals surface area contributed by atoms with E-state index in [-0.39, 0.29) is 17.5 Å². The summed E-state index contributed by atoms with van der Waals surface area (Å²) in [5.41, 5.74) is 0. The smallest absolute Gasteiger partial charge is 0.327 e. The number of carbonyl (C=O) groups excluding carboxylic acids is 1. The summed E-state index contributed by atoms with van der Waals surface area (Å²) in [4.78, 5) is 26.9. The maximum absolute atomic E-state index is 12.5. The molecule has 2 saturated heterocycles. The Labute approximate surface area is 117 Å². The van der Waals surface area contributed by atoms with Gasteiger partial charge in [0.1, 0.15) is 6.04 Å². The minimum Gasteiger partial charge on any atom is -0.480 e. The standard InChI is InChI=1S/C12H20N2O4S/c1-3-9-6-13(4-5-18-9)12(17)14-8(2)19-7-10(14)11(15)16/h8-10H,3-7H2,1-2H3,(H,15,16). The zero-order valence-electron chi connectivity index (χ0n) is 11.2. The second-order valence-electron chi connectivity index (χ2n) is 4.82. The number of morpholine rings is 1. The van der Waals surface area contributed by atoms with Crippen LogP contribution in [0.4, 0.5) is 4.79 Å². The Bertz CT molecular complexity index is 366. The SMILES string of the molecule is CCC1CN(C(=O)N2C(C)SCC2C(=O)O)CCO1. The summed E-state index contributed by atoms with van der Waals surface area (Å²) in [5, 5.41) is 9.11. The molecule has 19 heavy (non-hydrogen) atoms. The molecule has 2 aliphatic rings. The molecule has 2 heterocycles. The van der Waals surface area contributed by atoms with Gasteiger partial charge in [-0.05, 0) is 13.3 Å². The Kier molecular flexibility index (Phi) is 4.57. The van der Waals surface area contributed by atoms with Crippen molar-refractivity contribution in [2.24, 2.45) is 0 Å². The number of thioether (sulfide) groups is 1. The molecule has 108 valence electrons. The van der Waals surface area contributed by atoms with E-state index in [1.165, 1.54) is 16.7 Å². The van der Waals surface area contributed by atoms with Crippen LogP contribution in [-0.2, 0) is 9.53 Å². The van der Waals surface area contributed by atoms with Gasteiger partial charge < -0.3 is 14.7 Å². The highest BCUT2D eigenvalue weighted by Crippen LogP contribution is 2.30. The number of ether oxygens (including phenoxy) is 1. The summed E-state index contributed by atoms with van der Waals surface area (Å²) >= 11 is 1.51. The normalized spacial score (nSPS) is 31.6. The van der Waals surface area contributed by atoms with E-state index in [0.29, 0.717) is 25.4 Å². The van der Waals surface area contributed by atoms with Crippen LogP contribution in [0.2, 0.25) is 0 Å². The Balaban J connectivity index is 2.07. The maximum Gasteiger partial charge on any atom is 0.327 e. The average Bonchev–Trinajstić information content (AvgIpc) is 2.80. The van der Waals surface area contributed by atoms with Crippen molar-refractivity contribution >= 4 is 23.8 Å². The van der Waals surface area contributed by atoms with Crippen LogP contribution >= 0.6 is 11.8 Å². The molecule has 0 saturated carbocycles. The van der Waals surface area contributed by atoms with E-state index in [2.05, 4.69) is 0 Å². The number of hydrogen-bond donors (Lipinski definition) is 1. The van der Waals surface area contributed by atoms with Crippen LogP contribution < -0.4 is 0 Å². The van der Waals surface area contributed by atoms with Crippen molar-refractivity contribution < 1.29 is 19.4 Å². The fraction of sp³-hybridized carbons (Fsp3) is 0.833. The third-order valence-corrected chi connectivity index (χ3v) is 4.81. The fourth-order valence-corrected chi connectivity index (χ4v) is 3.59. The van der Waals surface area contributed by atoms with Crippen molar-refractivity contribution in [1.82, 2.24) is 9.80 Å². The number of amides is 2. The Morgan fingerprint density at radius 3 is 2.84 bits per heavy atom. The van der Waals surface area contributed by atoms with Crippen molar-refractivity contribution in [3.63, 3.8) is 0 Å². The summed E-state index contributed by atoms with van der Waals surface area (Å²) in [6, 6.07) is -0.887. The molecule has 0 aliphatic carbocycles. The Morgan fingerprint density at radius 2 is 2.21 bits per heavy atom. The molecule has 1 N–H and O–H groups in total. The number of hydrogen-bond acceptors (Lipinski definition) is 4. The first-order valence-electron chi connectivity index (χ1n) is 6.57. The van der Waals surface area contributed by atoms with Crippen LogP contribution in [0, 0.1) is 0 Å². The lowest BCUT2D eigenvalue weighted by Crippen LogP contribution is -2.55. The summed E-state index contributed by atoms with van der Waals surface area (Å²) in [5.74, 6) is -0.463. The molecule has 0 aromatic carbocycles. The van der Waals surface area contributed by atoms with E-state index in [1.54, 1.807) is 4.90 Å². The van der Waals surface area contributed by atoms with Crippen molar-refractivity contribution in [3.8, 4) is 0 Å². The number of urea groups is 1. The van der Waals surface area contributed by atoms with Gasteiger partial charge in [-0.3, -0.25) is 4.90 Å². The quantitative estimate of drug-likeness (QED) is 0.823. The number of rotatable bonds is 2. The van der Waals surface area contributed by atoms with E-state index >= 15 is 0 Å². The van der Waals surface area contributed by atoms with Crippen LogP contribution in [0.25, 0.3) is 0 Å². The molecule has 0 bridgehead atoms. The van der Waals surface area contributed by atoms with Gasteiger partial charge in [-0.25, -0.2) is 9.59 Å². The predicted octanol–water partition coefficient (Wildman–Crippen LogP) is 1.07. The highest BCUT2D eigenvalue weighted by atomic mass is 32.2. The van der Waals surface area contributed by atoms with E-state index in [0.717, 1.165) is 6.42 Å². The van der Waals surface area contributed by atoms with Crippen molar-refractivity contribution in [2.75, 3.05) is 25.4 Å². The van der Waals surface area contributed by atoms with E-state index < -0.39 is 12.0 Å². The van der Waals surface area contributed by atoms with Crippen molar-refractivity contribution in [1.29, 1.82) is 0 Å². The summed E-state index contributed by atoms with van der Waals surface area (Å²) < 4.78 is 5.54. The van der Waals surface area contributed by atoms with Gasteiger partial charge >= 0.3 is 12.0 Å². The molecule has 0 aromatic heterocycles. The molecular formula is C12H20N2O4S. The first-order valence-corrected chi connectivity index (χ1v) is 7.62. The molecule has 2 rings (SSSR count). The lowest BCUT2D eigenvalue weighted by atomic mass is 10.2. The molecule has 2 fully saturated rings. The fourth-order valence-electron chi connectivity index (χ4n) is 2.43. The molecular weight excluding hydrogens is 268 g/mol. The average molecular weight is 288 g/mol. The van der Waals surface area contributed by atoms with Gasteiger partial charge in [0, 0.05) is 18.8 Å². The topological polar surface area (TPSA) is 70.1 Å². The molecule has 0 spiro atoms. The van der Waals surface area contributed by atoms with Gasteiger partial charge in [0.15, 0.2) is 0 Å². The predicted molar refractivity (Wildman–Crippen MR) is 72.2 cm³/mol. The lowest BCUT2D eigenvalue weighted by molar-refractivity contribution is -0.141. The van der Waals surface area contributed by atoms with Crippen molar-refractivity contribution in [2.45, 2.75) is 37.8 Å². The molecule has 3 atom stereocenters. The maximum atomic E-state index is 12.5. The van der Waals surface area contributed by atoms with Gasteiger partial charge in [-0.2, -0.15) is 0 Å². The molecule has 6 nitrogen and oxygen atoms in total. The molecule has 3 unspecified atom stereocenters. The number of carboxylic acids is 1. The first-order chi connectivity index (χ1) is 9.04. The van der Waals surface area contributed by atoms with Crippen LogP contribution in [0.5, 0.6) is 0 Å². The number of carbonyl (C=O) groups is 2. The Hall–Kier alpha value is -0.950. The highest BCUT2D eigenvalue weighted by molar-refractivity contribution is 8.00. The first kappa shape index (κ1) is 14.5. The van der Waals surface area contributed by atoms with Gasteiger partial charge in [0.2, 0.25) is 0 Å². The van der Waals surface area contributed by atoms with Gasteiger partial charge in [-0.1, -0.05) is 6.92 Å². The lowest BCUT2D eigenvalue weighted by Gasteiger charge is -2.37. The van der Waals surface area contributed by atoms with Crippen LogP contribution in [0.3, 0.4) is 0 Å². The molecule has 7 heteroatoms. The Morgan fingerprint density at radius 1 is 1.47 bits per heavy atom. The summed E-state index contributed by atoms with van der Waals surface area (Å²) in [6.07, 6.45) is 0.919. The zero-order chi connectivity index (χ0) is 14.0. The molecule has 2 aliphatic heterocycles. The third-order valence-electron chi connectivity index (χ3n) is 3.59. The number of nitrogens with zero attached hydrogens (tertiary/aromatic N) is 2. The molecule has 2 amide bonds. The second kappa shape index (κ2) is 6.00. The summed E-state index contributed by atoms with van der Waals surface area (Å²) in [6.45, 7) is 5.51. The zero-order valence-corrected chi connectivity index (χ0v) is 12.1. The molecule has 0 radical (unpaired) electrons.